The summed E-state index contributed by atoms with van der Waals surface area (Å²) in [6.07, 6.45) is 13.3. The number of carbonyl (C=O) groups is 2. The maximum atomic E-state index is 12.3. The smallest absolute Gasteiger partial charge is 0.333 e. The average Bonchev–Trinajstić information content (AvgIpc) is 2.85. The molecule has 35 heavy (non-hydrogen) atoms. The molecule has 0 aliphatic heterocycles. The fraction of sp³-hybridized carbons (Fsp3) is 0.655. The molecule has 0 heterocycles. The molecule has 0 saturated heterocycles. The summed E-state index contributed by atoms with van der Waals surface area (Å²) < 4.78 is 21.9. The number of hydrogen-bond acceptors (Lipinski definition) is 6. The van der Waals surface area contributed by atoms with Crippen molar-refractivity contribution in [1.82, 2.24) is 0 Å². The first-order chi connectivity index (χ1) is 17.0. The molecule has 1 rings (SSSR count). The van der Waals surface area contributed by atoms with Gasteiger partial charge in [-0.15, -0.1) is 0 Å². The first-order valence-electron chi connectivity index (χ1n) is 13.2. The summed E-state index contributed by atoms with van der Waals surface area (Å²) in [5.41, 5.74) is 0.433. The Hall–Kier alpha value is -2.34. The first-order valence-corrected chi connectivity index (χ1v) is 13.2. The molecule has 0 radical (unpaired) electrons. The Labute approximate surface area is 212 Å². The predicted octanol–water partition coefficient (Wildman–Crippen LogP) is 7.20. The molecular weight excluding hydrogens is 444 g/mol. The summed E-state index contributed by atoms with van der Waals surface area (Å²) in [6.45, 7) is 8.57. The number of benzene rings is 1. The van der Waals surface area contributed by atoms with Crippen molar-refractivity contribution in [2.75, 3.05) is 20.3 Å². The van der Waals surface area contributed by atoms with E-state index in [0.29, 0.717) is 37.4 Å². The average molecular weight is 491 g/mol. The highest BCUT2D eigenvalue weighted by atomic mass is 16.5. The Morgan fingerprint density at radius 1 is 0.829 bits per heavy atom. The SMILES string of the molecule is C=C(C)C(=O)OCCCCCCOC(CCCCCCCC)CCC(=O)Oc1ccc(OC)cc1. The van der Waals surface area contributed by atoms with Gasteiger partial charge < -0.3 is 18.9 Å². The van der Waals surface area contributed by atoms with Crippen LogP contribution < -0.4 is 9.47 Å². The second-order valence-corrected chi connectivity index (χ2v) is 9.07. The molecule has 0 N–H and O–H groups in total. The van der Waals surface area contributed by atoms with Crippen LogP contribution in [0.4, 0.5) is 0 Å². The third-order valence-corrected chi connectivity index (χ3v) is 5.82. The molecule has 1 aromatic rings. The Morgan fingerprint density at radius 2 is 1.43 bits per heavy atom. The number of unbranched alkanes of at least 4 members (excludes halogenated alkanes) is 8. The minimum Gasteiger partial charge on any atom is -0.497 e. The van der Waals surface area contributed by atoms with Crippen molar-refractivity contribution in [3.05, 3.63) is 36.4 Å². The highest BCUT2D eigenvalue weighted by molar-refractivity contribution is 5.86. The Kier molecular flexibility index (Phi) is 17.5. The lowest BCUT2D eigenvalue weighted by Crippen LogP contribution is -2.18. The Bertz CT molecular complexity index is 712. The fourth-order valence-electron chi connectivity index (χ4n) is 3.66. The van der Waals surface area contributed by atoms with Gasteiger partial charge in [-0.05, 0) is 63.3 Å². The molecule has 0 amide bonds. The summed E-state index contributed by atoms with van der Waals surface area (Å²) in [5.74, 6) is 0.690. The monoisotopic (exact) mass is 490 g/mol. The van der Waals surface area contributed by atoms with Crippen molar-refractivity contribution in [2.45, 2.75) is 103 Å². The van der Waals surface area contributed by atoms with E-state index in [1.807, 2.05) is 0 Å². The van der Waals surface area contributed by atoms with Crippen LogP contribution in [0.5, 0.6) is 11.5 Å². The molecule has 6 heteroatoms. The van der Waals surface area contributed by atoms with E-state index >= 15 is 0 Å². The van der Waals surface area contributed by atoms with E-state index in [9.17, 15) is 9.59 Å². The third kappa shape index (κ3) is 16.0. The van der Waals surface area contributed by atoms with Crippen LogP contribution in [-0.4, -0.2) is 38.4 Å². The highest BCUT2D eigenvalue weighted by Gasteiger charge is 2.14. The lowest BCUT2D eigenvalue weighted by atomic mass is 10.0. The zero-order chi connectivity index (χ0) is 25.7. The lowest BCUT2D eigenvalue weighted by molar-refractivity contribution is -0.139. The van der Waals surface area contributed by atoms with E-state index in [-0.39, 0.29) is 18.0 Å². The molecule has 0 fully saturated rings. The molecule has 1 atom stereocenters. The van der Waals surface area contributed by atoms with Gasteiger partial charge in [0, 0.05) is 18.6 Å². The van der Waals surface area contributed by atoms with Crippen LogP contribution in [0, 0.1) is 0 Å². The molecule has 198 valence electrons. The van der Waals surface area contributed by atoms with Crippen molar-refractivity contribution < 1.29 is 28.5 Å². The molecule has 1 unspecified atom stereocenters. The van der Waals surface area contributed by atoms with Crippen LogP contribution in [0.3, 0.4) is 0 Å². The second kappa shape index (κ2) is 19.9. The molecule has 0 aromatic heterocycles. The first kappa shape index (κ1) is 30.7. The minimum atomic E-state index is -0.323. The summed E-state index contributed by atoms with van der Waals surface area (Å²) in [5, 5.41) is 0. The fourth-order valence-corrected chi connectivity index (χ4v) is 3.66. The summed E-state index contributed by atoms with van der Waals surface area (Å²) in [7, 11) is 1.60. The van der Waals surface area contributed by atoms with E-state index in [1.54, 1.807) is 38.3 Å². The van der Waals surface area contributed by atoms with Gasteiger partial charge in [0.1, 0.15) is 11.5 Å². The van der Waals surface area contributed by atoms with E-state index in [1.165, 1.54) is 32.1 Å². The highest BCUT2D eigenvalue weighted by Crippen LogP contribution is 2.19. The normalized spacial score (nSPS) is 11.6. The summed E-state index contributed by atoms with van der Waals surface area (Å²) in [6, 6.07) is 7.02. The van der Waals surface area contributed by atoms with E-state index in [2.05, 4.69) is 13.5 Å². The Balaban J connectivity index is 2.31. The topological polar surface area (TPSA) is 71.1 Å². The van der Waals surface area contributed by atoms with E-state index in [0.717, 1.165) is 44.3 Å². The number of ether oxygens (including phenoxy) is 4. The molecule has 0 saturated carbocycles. The zero-order valence-electron chi connectivity index (χ0n) is 22.1. The van der Waals surface area contributed by atoms with Crippen molar-refractivity contribution in [3.63, 3.8) is 0 Å². The van der Waals surface area contributed by atoms with Crippen LogP contribution in [0.1, 0.15) is 97.3 Å². The number of rotatable bonds is 21. The van der Waals surface area contributed by atoms with Gasteiger partial charge in [-0.2, -0.15) is 0 Å². The van der Waals surface area contributed by atoms with Gasteiger partial charge in [0.15, 0.2) is 0 Å². The number of hydrogen-bond donors (Lipinski definition) is 0. The van der Waals surface area contributed by atoms with Crippen LogP contribution >= 0.6 is 0 Å². The van der Waals surface area contributed by atoms with Crippen molar-refractivity contribution in [2.24, 2.45) is 0 Å². The predicted molar refractivity (Wildman–Crippen MR) is 140 cm³/mol. The molecule has 1 aromatic carbocycles. The van der Waals surface area contributed by atoms with Gasteiger partial charge in [0.2, 0.25) is 0 Å². The van der Waals surface area contributed by atoms with Crippen LogP contribution in [0.15, 0.2) is 36.4 Å². The van der Waals surface area contributed by atoms with Gasteiger partial charge in [-0.3, -0.25) is 4.79 Å². The Morgan fingerprint density at radius 3 is 2.09 bits per heavy atom. The van der Waals surface area contributed by atoms with Gasteiger partial charge in [-0.1, -0.05) is 58.4 Å². The second-order valence-electron chi connectivity index (χ2n) is 9.07. The molecule has 6 nitrogen and oxygen atoms in total. The number of carbonyl (C=O) groups excluding carboxylic acids is 2. The van der Waals surface area contributed by atoms with Crippen molar-refractivity contribution in [3.8, 4) is 11.5 Å². The number of esters is 2. The summed E-state index contributed by atoms with van der Waals surface area (Å²) in [4.78, 5) is 23.7. The zero-order valence-corrected chi connectivity index (χ0v) is 22.1. The van der Waals surface area contributed by atoms with Crippen LogP contribution in [0.25, 0.3) is 0 Å². The maximum Gasteiger partial charge on any atom is 0.333 e. The number of methoxy groups -OCH3 is 1. The molecular formula is C29H46O6. The molecule has 0 aliphatic rings. The van der Waals surface area contributed by atoms with Crippen molar-refractivity contribution >= 4 is 11.9 Å². The van der Waals surface area contributed by atoms with E-state index < -0.39 is 0 Å². The van der Waals surface area contributed by atoms with Crippen molar-refractivity contribution in [1.29, 1.82) is 0 Å². The third-order valence-electron chi connectivity index (χ3n) is 5.82. The van der Waals surface area contributed by atoms with Gasteiger partial charge in [0.25, 0.3) is 0 Å². The quantitative estimate of drug-likeness (QED) is 0.0785. The van der Waals surface area contributed by atoms with Gasteiger partial charge in [0.05, 0.1) is 19.8 Å². The maximum absolute atomic E-state index is 12.3. The molecule has 0 bridgehead atoms. The minimum absolute atomic E-state index is 0.0705. The van der Waals surface area contributed by atoms with Crippen LogP contribution in [0.2, 0.25) is 0 Å². The van der Waals surface area contributed by atoms with Gasteiger partial charge in [-0.25, -0.2) is 4.79 Å². The molecule has 0 aliphatic carbocycles. The van der Waals surface area contributed by atoms with Crippen LogP contribution in [-0.2, 0) is 19.1 Å². The summed E-state index contributed by atoms with van der Waals surface area (Å²) >= 11 is 0. The van der Waals surface area contributed by atoms with E-state index in [4.69, 9.17) is 18.9 Å². The van der Waals surface area contributed by atoms with Gasteiger partial charge >= 0.3 is 11.9 Å². The largest absolute Gasteiger partial charge is 0.497 e. The lowest BCUT2D eigenvalue weighted by Gasteiger charge is -2.18. The standard InChI is InChI=1S/C29H46O6/c1-5-6-7-8-9-12-15-26(33-22-13-10-11-14-23-34-29(31)24(2)3)20-21-28(30)35-27-18-16-25(32-4)17-19-27/h16-19,26H,2,5-15,20-23H2,1,3-4H3. The molecule has 0 spiro atoms.